The zero-order chi connectivity index (χ0) is 18.5. The first kappa shape index (κ1) is 20.9. The number of hydrogen-bond acceptors (Lipinski definition) is 3. The predicted molar refractivity (Wildman–Crippen MR) is 118 cm³/mol. The minimum Gasteiger partial charge on any atom is -0.489 e. The third-order valence-corrected chi connectivity index (χ3v) is 5.25. The molecule has 5 heteroatoms. The van der Waals surface area contributed by atoms with Gasteiger partial charge in [0.15, 0.2) is 0 Å². The van der Waals surface area contributed by atoms with Crippen molar-refractivity contribution in [2.75, 3.05) is 13.2 Å². The van der Waals surface area contributed by atoms with Gasteiger partial charge in [-0.2, -0.15) is 0 Å². The summed E-state index contributed by atoms with van der Waals surface area (Å²) < 4.78 is 11.9. The first-order chi connectivity index (χ1) is 13.3. The first-order valence-corrected chi connectivity index (χ1v) is 9.87. The van der Waals surface area contributed by atoms with Crippen molar-refractivity contribution in [1.29, 1.82) is 0 Å². The van der Waals surface area contributed by atoms with Crippen molar-refractivity contribution in [2.45, 2.75) is 32.1 Å². The molecular weight excluding hydrogens is 393 g/mol. The predicted octanol–water partition coefficient (Wildman–Crippen LogP) is 5.76. The fourth-order valence-electron chi connectivity index (χ4n) is 3.54. The smallest absolute Gasteiger partial charge is 0.124 e. The van der Waals surface area contributed by atoms with Gasteiger partial charge in [0.2, 0.25) is 0 Å². The van der Waals surface area contributed by atoms with Gasteiger partial charge < -0.3 is 14.8 Å². The lowest BCUT2D eigenvalue weighted by Crippen LogP contribution is -2.26. The van der Waals surface area contributed by atoms with Crippen LogP contribution in [0.1, 0.15) is 24.0 Å². The molecule has 1 fully saturated rings. The normalized spacial score (nSPS) is 16.1. The molecule has 1 N–H and O–H groups in total. The summed E-state index contributed by atoms with van der Waals surface area (Å²) in [6, 6.07) is 20.4. The van der Waals surface area contributed by atoms with Gasteiger partial charge in [-0.15, -0.1) is 12.4 Å². The van der Waals surface area contributed by atoms with Gasteiger partial charge in [0.05, 0.1) is 6.10 Å². The van der Waals surface area contributed by atoms with Gasteiger partial charge in [-0.05, 0) is 47.4 Å². The Morgan fingerprint density at radius 3 is 2.64 bits per heavy atom. The zero-order valence-corrected chi connectivity index (χ0v) is 17.3. The molecular formula is C23H25Cl2NO2. The highest BCUT2D eigenvalue weighted by atomic mass is 35.5. The van der Waals surface area contributed by atoms with E-state index in [1.165, 1.54) is 16.3 Å². The number of hydrogen-bond donors (Lipinski definition) is 1. The van der Waals surface area contributed by atoms with Gasteiger partial charge >= 0.3 is 0 Å². The van der Waals surface area contributed by atoms with Crippen molar-refractivity contribution in [3.05, 3.63) is 76.8 Å². The van der Waals surface area contributed by atoms with E-state index in [0.29, 0.717) is 12.7 Å². The van der Waals surface area contributed by atoms with Gasteiger partial charge in [-0.3, -0.25) is 0 Å². The van der Waals surface area contributed by atoms with Crippen LogP contribution in [0, 0.1) is 0 Å². The maximum absolute atomic E-state index is 6.18. The van der Waals surface area contributed by atoms with E-state index in [2.05, 4.69) is 41.7 Å². The van der Waals surface area contributed by atoms with Crippen LogP contribution in [0.3, 0.4) is 0 Å². The lowest BCUT2D eigenvalue weighted by Gasteiger charge is -2.16. The van der Waals surface area contributed by atoms with Gasteiger partial charge in [0.25, 0.3) is 0 Å². The summed E-state index contributed by atoms with van der Waals surface area (Å²) in [7, 11) is 0. The number of benzene rings is 3. The van der Waals surface area contributed by atoms with Crippen LogP contribution in [0.2, 0.25) is 5.02 Å². The van der Waals surface area contributed by atoms with Crippen LogP contribution in [0.4, 0.5) is 0 Å². The molecule has 3 aromatic rings. The van der Waals surface area contributed by atoms with Crippen LogP contribution < -0.4 is 10.1 Å². The fourth-order valence-corrected chi connectivity index (χ4v) is 3.66. The average molecular weight is 418 g/mol. The molecule has 1 unspecified atom stereocenters. The summed E-state index contributed by atoms with van der Waals surface area (Å²) in [5.74, 6) is 0.920. The molecule has 0 spiro atoms. The van der Waals surface area contributed by atoms with Gasteiger partial charge in [-0.1, -0.05) is 54.1 Å². The molecule has 28 heavy (non-hydrogen) atoms. The maximum Gasteiger partial charge on any atom is 0.124 e. The molecule has 3 aromatic carbocycles. The molecule has 1 atom stereocenters. The van der Waals surface area contributed by atoms with Crippen LogP contribution >= 0.6 is 24.0 Å². The second kappa shape index (κ2) is 10.1. The van der Waals surface area contributed by atoms with Gasteiger partial charge in [0, 0.05) is 30.3 Å². The van der Waals surface area contributed by atoms with Crippen molar-refractivity contribution in [3.8, 4) is 5.75 Å². The summed E-state index contributed by atoms with van der Waals surface area (Å²) in [6.07, 6.45) is 2.64. The molecule has 1 aliphatic heterocycles. The summed E-state index contributed by atoms with van der Waals surface area (Å²) in [5, 5.41) is 6.75. The summed E-state index contributed by atoms with van der Waals surface area (Å²) in [6.45, 7) is 3.04. The highest BCUT2D eigenvalue weighted by Gasteiger charge is 2.15. The largest absolute Gasteiger partial charge is 0.489 e. The summed E-state index contributed by atoms with van der Waals surface area (Å²) in [4.78, 5) is 0. The zero-order valence-electron chi connectivity index (χ0n) is 15.7. The molecule has 0 bridgehead atoms. The summed E-state index contributed by atoms with van der Waals surface area (Å²) in [5.41, 5.74) is 2.30. The number of fused-ring (bicyclic) bond motifs is 1. The monoisotopic (exact) mass is 417 g/mol. The Labute approximate surface area is 177 Å². The molecule has 4 rings (SSSR count). The highest BCUT2D eigenvalue weighted by molar-refractivity contribution is 6.30. The Balaban J connectivity index is 0.00000225. The van der Waals surface area contributed by atoms with Crippen LogP contribution in [0.15, 0.2) is 60.7 Å². The van der Waals surface area contributed by atoms with E-state index < -0.39 is 0 Å². The molecule has 1 heterocycles. The minimum absolute atomic E-state index is 0. The highest BCUT2D eigenvalue weighted by Crippen LogP contribution is 2.29. The summed E-state index contributed by atoms with van der Waals surface area (Å²) >= 11 is 5.97. The molecule has 0 aromatic heterocycles. The number of halogens is 2. The quantitative estimate of drug-likeness (QED) is 0.529. The Morgan fingerprint density at radius 1 is 1.04 bits per heavy atom. The molecule has 1 saturated heterocycles. The number of ether oxygens (including phenoxy) is 2. The molecule has 0 radical (unpaired) electrons. The van der Waals surface area contributed by atoms with E-state index in [1.54, 1.807) is 0 Å². The van der Waals surface area contributed by atoms with E-state index >= 15 is 0 Å². The topological polar surface area (TPSA) is 30.5 Å². The molecule has 0 saturated carbocycles. The van der Waals surface area contributed by atoms with Crippen molar-refractivity contribution >= 4 is 34.8 Å². The van der Waals surface area contributed by atoms with Crippen LogP contribution in [-0.2, 0) is 17.9 Å². The molecule has 1 aliphatic rings. The molecule has 0 amide bonds. The Bertz CT molecular complexity index is 893. The Kier molecular flexibility index (Phi) is 7.57. The fraction of sp³-hybridized carbons (Fsp3) is 0.304. The molecule has 0 aliphatic carbocycles. The Hall–Kier alpha value is -1.78. The van der Waals surface area contributed by atoms with Crippen molar-refractivity contribution < 1.29 is 9.47 Å². The van der Waals surface area contributed by atoms with E-state index in [-0.39, 0.29) is 12.4 Å². The van der Waals surface area contributed by atoms with E-state index in [1.807, 2.05) is 24.3 Å². The SMILES string of the molecule is Cl.Clc1ccc(COc2ccc3ccccc3c2CNCC2CCCO2)cc1. The first-order valence-electron chi connectivity index (χ1n) is 9.50. The average Bonchev–Trinajstić information content (AvgIpc) is 3.22. The van der Waals surface area contributed by atoms with E-state index in [0.717, 1.165) is 48.9 Å². The van der Waals surface area contributed by atoms with Gasteiger partial charge in [0.1, 0.15) is 12.4 Å². The lowest BCUT2D eigenvalue weighted by molar-refractivity contribution is 0.110. The second-order valence-corrected chi connectivity index (χ2v) is 7.38. The van der Waals surface area contributed by atoms with Crippen LogP contribution in [-0.4, -0.2) is 19.3 Å². The third-order valence-electron chi connectivity index (χ3n) is 5.00. The number of nitrogens with one attached hydrogen (secondary N) is 1. The second-order valence-electron chi connectivity index (χ2n) is 6.94. The van der Waals surface area contributed by atoms with Crippen molar-refractivity contribution in [1.82, 2.24) is 5.32 Å². The van der Waals surface area contributed by atoms with Crippen LogP contribution in [0.25, 0.3) is 10.8 Å². The van der Waals surface area contributed by atoms with Crippen LogP contribution in [0.5, 0.6) is 5.75 Å². The van der Waals surface area contributed by atoms with Crippen molar-refractivity contribution in [3.63, 3.8) is 0 Å². The minimum atomic E-state index is 0. The van der Waals surface area contributed by atoms with Gasteiger partial charge in [-0.25, -0.2) is 0 Å². The van der Waals surface area contributed by atoms with E-state index in [4.69, 9.17) is 21.1 Å². The third kappa shape index (κ3) is 5.18. The molecule has 3 nitrogen and oxygen atoms in total. The standard InChI is InChI=1S/C23H24ClNO2.ClH/c24-19-10-7-17(8-11-19)16-27-23-12-9-18-4-1-2-6-21(18)22(23)15-25-14-20-5-3-13-26-20;/h1-2,4,6-12,20,25H,3,5,13-16H2;1H. The maximum atomic E-state index is 6.18. The Morgan fingerprint density at radius 2 is 1.86 bits per heavy atom. The number of rotatable bonds is 7. The van der Waals surface area contributed by atoms with E-state index in [9.17, 15) is 0 Å². The van der Waals surface area contributed by atoms with Crippen molar-refractivity contribution in [2.24, 2.45) is 0 Å². The molecule has 148 valence electrons. The lowest BCUT2D eigenvalue weighted by atomic mass is 10.0.